The molecule has 0 radical (unpaired) electrons. The number of hydrogen-bond acceptors (Lipinski definition) is 4. The van der Waals surface area contributed by atoms with Crippen molar-refractivity contribution >= 4 is 0 Å². The molecular weight excluding hydrogens is 168 g/mol. The molecule has 0 unspecified atom stereocenters. The predicted molar refractivity (Wildman–Crippen MR) is 49.7 cm³/mol. The van der Waals surface area contributed by atoms with Gasteiger partial charge in [-0.25, -0.2) is 4.98 Å². The molecule has 0 aliphatic carbocycles. The third kappa shape index (κ3) is 2.40. The van der Waals surface area contributed by atoms with E-state index in [1.807, 2.05) is 6.07 Å². The molecule has 1 aromatic heterocycles. The van der Waals surface area contributed by atoms with Crippen LogP contribution < -0.4 is 10.1 Å². The number of aliphatic hydroxyl groups is 1. The molecule has 0 saturated carbocycles. The first-order chi connectivity index (χ1) is 6.31. The molecule has 0 aromatic carbocycles. The molecule has 1 atom stereocenters. The van der Waals surface area contributed by atoms with Gasteiger partial charge in [0.1, 0.15) is 0 Å². The summed E-state index contributed by atoms with van der Waals surface area (Å²) in [5.74, 6) is 0.580. The summed E-state index contributed by atoms with van der Waals surface area (Å²) < 4.78 is 4.92. The Balaban J connectivity index is 2.78. The second kappa shape index (κ2) is 4.79. The van der Waals surface area contributed by atoms with Gasteiger partial charge in [0.2, 0.25) is 5.88 Å². The number of aliphatic hydroxyl groups excluding tert-OH is 1. The van der Waals surface area contributed by atoms with Gasteiger partial charge in [0.25, 0.3) is 0 Å². The number of aromatic nitrogens is 1. The summed E-state index contributed by atoms with van der Waals surface area (Å²) in [4.78, 5) is 4.04. The number of hydrogen-bond donors (Lipinski definition) is 2. The number of nitrogens with one attached hydrogen (secondary N) is 1. The van der Waals surface area contributed by atoms with Crippen LogP contribution in [0.1, 0.15) is 11.6 Å². The van der Waals surface area contributed by atoms with Crippen LogP contribution in [0.4, 0.5) is 0 Å². The van der Waals surface area contributed by atoms with Crippen LogP contribution >= 0.6 is 0 Å². The largest absolute Gasteiger partial charge is 0.481 e. The van der Waals surface area contributed by atoms with E-state index in [1.54, 1.807) is 26.4 Å². The third-order valence-electron chi connectivity index (χ3n) is 1.90. The molecule has 0 fully saturated rings. The molecule has 1 heterocycles. The van der Waals surface area contributed by atoms with Crippen molar-refractivity contribution in [3.63, 3.8) is 0 Å². The van der Waals surface area contributed by atoms with E-state index >= 15 is 0 Å². The maximum Gasteiger partial charge on any atom is 0.212 e. The average molecular weight is 182 g/mol. The minimum absolute atomic E-state index is 0.0570. The second-order valence-electron chi connectivity index (χ2n) is 2.66. The molecule has 0 amide bonds. The number of pyridine rings is 1. The summed E-state index contributed by atoms with van der Waals surface area (Å²) in [6, 6.07) is 3.59. The van der Waals surface area contributed by atoms with Crippen LogP contribution in [0.25, 0.3) is 0 Å². The van der Waals surface area contributed by atoms with Gasteiger partial charge in [-0.05, 0) is 12.6 Å². The first-order valence-corrected chi connectivity index (χ1v) is 4.10. The van der Waals surface area contributed by atoms with Gasteiger partial charge >= 0.3 is 0 Å². The second-order valence-corrected chi connectivity index (χ2v) is 2.66. The lowest BCUT2D eigenvalue weighted by Gasteiger charge is -2.12. The zero-order valence-corrected chi connectivity index (χ0v) is 7.82. The molecular formula is C9H14N2O2. The Morgan fingerprint density at radius 2 is 2.38 bits per heavy atom. The molecule has 13 heavy (non-hydrogen) atoms. The fourth-order valence-corrected chi connectivity index (χ4v) is 1.08. The van der Waals surface area contributed by atoms with Crippen LogP contribution in [0.3, 0.4) is 0 Å². The normalized spacial score (nSPS) is 12.5. The first-order valence-electron chi connectivity index (χ1n) is 4.10. The first kappa shape index (κ1) is 9.95. The summed E-state index contributed by atoms with van der Waals surface area (Å²) >= 11 is 0. The molecule has 1 rings (SSSR count). The monoisotopic (exact) mass is 182 g/mol. The maximum atomic E-state index is 8.98. The lowest BCUT2D eigenvalue weighted by atomic mass is 10.1. The fourth-order valence-electron chi connectivity index (χ4n) is 1.08. The zero-order chi connectivity index (χ0) is 9.68. The van der Waals surface area contributed by atoms with Crippen LogP contribution in [0, 0.1) is 0 Å². The topological polar surface area (TPSA) is 54.4 Å². The Labute approximate surface area is 77.6 Å². The molecule has 1 aromatic rings. The van der Waals surface area contributed by atoms with Crippen molar-refractivity contribution in [3.05, 3.63) is 23.9 Å². The van der Waals surface area contributed by atoms with Gasteiger partial charge < -0.3 is 15.2 Å². The average Bonchev–Trinajstić information content (AvgIpc) is 2.21. The van der Waals surface area contributed by atoms with Crippen molar-refractivity contribution in [1.82, 2.24) is 10.3 Å². The van der Waals surface area contributed by atoms with Crippen LogP contribution in [0.2, 0.25) is 0 Å². The van der Waals surface area contributed by atoms with Gasteiger partial charge in [-0.15, -0.1) is 0 Å². The van der Waals surface area contributed by atoms with E-state index in [2.05, 4.69) is 10.3 Å². The quantitative estimate of drug-likeness (QED) is 0.705. The van der Waals surface area contributed by atoms with Gasteiger partial charge in [0, 0.05) is 12.3 Å². The highest BCUT2D eigenvalue weighted by atomic mass is 16.5. The Morgan fingerprint density at radius 3 is 2.77 bits per heavy atom. The number of likely N-dealkylation sites (N-methyl/N-ethyl adjacent to an activating group) is 1. The molecule has 4 heteroatoms. The highest BCUT2D eigenvalue weighted by Crippen LogP contribution is 2.13. The SMILES string of the molecule is CN[C@H](CO)c1ccc(OC)nc1. The highest BCUT2D eigenvalue weighted by molar-refractivity contribution is 5.20. The lowest BCUT2D eigenvalue weighted by Crippen LogP contribution is -2.19. The van der Waals surface area contributed by atoms with Crippen molar-refractivity contribution in [2.45, 2.75) is 6.04 Å². The van der Waals surface area contributed by atoms with E-state index < -0.39 is 0 Å². The van der Waals surface area contributed by atoms with Gasteiger partial charge in [-0.1, -0.05) is 6.07 Å². The number of methoxy groups -OCH3 is 1. The summed E-state index contributed by atoms with van der Waals surface area (Å²) in [5, 5.41) is 12.0. The smallest absolute Gasteiger partial charge is 0.212 e. The van der Waals surface area contributed by atoms with Crippen molar-refractivity contribution in [1.29, 1.82) is 0 Å². The molecule has 4 nitrogen and oxygen atoms in total. The van der Waals surface area contributed by atoms with Crippen LogP contribution in [-0.2, 0) is 0 Å². The van der Waals surface area contributed by atoms with E-state index in [1.165, 1.54) is 0 Å². The van der Waals surface area contributed by atoms with Gasteiger partial charge in [0.15, 0.2) is 0 Å². The number of ether oxygens (including phenoxy) is 1. The summed E-state index contributed by atoms with van der Waals surface area (Å²) in [7, 11) is 3.37. The van der Waals surface area contributed by atoms with E-state index in [0.29, 0.717) is 5.88 Å². The Morgan fingerprint density at radius 1 is 1.62 bits per heavy atom. The zero-order valence-electron chi connectivity index (χ0n) is 7.82. The molecule has 0 spiro atoms. The standard InChI is InChI=1S/C9H14N2O2/c1-10-8(6-12)7-3-4-9(13-2)11-5-7/h3-5,8,10,12H,6H2,1-2H3/t8-/m1/s1. The van der Waals surface area contributed by atoms with Crippen molar-refractivity contribution in [3.8, 4) is 5.88 Å². The van der Waals surface area contributed by atoms with Crippen LogP contribution in [0.5, 0.6) is 5.88 Å². The third-order valence-corrected chi connectivity index (χ3v) is 1.90. The van der Waals surface area contributed by atoms with Crippen molar-refractivity contribution < 1.29 is 9.84 Å². The van der Waals surface area contributed by atoms with Crippen LogP contribution in [-0.4, -0.2) is 30.9 Å². The minimum Gasteiger partial charge on any atom is -0.481 e. The number of nitrogens with zero attached hydrogens (tertiary/aromatic N) is 1. The molecule has 0 bridgehead atoms. The Kier molecular flexibility index (Phi) is 3.67. The van der Waals surface area contributed by atoms with E-state index in [-0.39, 0.29) is 12.6 Å². The fraction of sp³-hybridized carbons (Fsp3) is 0.444. The summed E-state index contributed by atoms with van der Waals surface area (Å²) in [5.41, 5.74) is 0.950. The number of rotatable bonds is 4. The lowest BCUT2D eigenvalue weighted by molar-refractivity contribution is 0.250. The van der Waals surface area contributed by atoms with Crippen LogP contribution in [0.15, 0.2) is 18.3 Å². The maximum absolute atomic E-state index is 8.98. The van der Waals surface area contributed by atoms with E-state index in [9.17, 15) is 0 Å². The molecule has 72 valence electrons. The highest BCUT2D eigenvalue weighted by Gasteiger charge is 2.07. The molecule has 0 aliphatic heterocycles. The molecule has 0 aliphatic rings. The van der Waals surface area contributed by atoms with Crippen molar-refractivity contribution in [2.75, 3.05) is 20.8 Å². The Hall–Kier alpha value is -1.13. The van der Waals surface area contributed by atoms with E-state index in [0.717, 1.165) is 5.56 Å². The Bertz CT molecular complexity index is 244. The van der Waals surface area contributed by atoms with Gasteiger partial charge in [0.05, 0.1) is 19.8 Å². The van der Waals surface area contributed by atoms with Gasteiger partial charge in [-0.3, -0.25) is 0 Å². The molecule has 0 saturated heterocycles. The van der Waals surface area contributed by atoms with Crippen molar-refractivity contribution in [2.24, 2.45) is 0 Å². The predicted octanol–water partition coefficient (Wildman–Crippen LogP) is 0.343. The van der Waals surface area contributed by atoms with E-state index in [4.69, 9.17) is 9.84 Å². The minimum atomic E-state index is -0.0570. The molecule has 2 N–H and O–H groups in total. The summed E-state index contributed by atoms with van der Waals surface area (Å²) in [6.45, 7) is 0.0600. The van der Waals surface area contributed by atoms with Gasteiger partial charge in [-0.2, -0.15) is 0 Å². The summed E-state index contributed by atoms with van der Waals surface area (Å²) in [6.07, 6.45) is 1.69.